The molecule has 6 heteroatoms. The molecule has 3 rings (SSSR count). The highest BCUT2D eigenvalue weighted by molar-refractivity contribution is 5.80. The third-order valence-corrected chi connectivity index (χ3v) is 3.80. The van der Waals surface area contributed by atoms with Crippen LogP contribution in [0.2, 0.25) is 0 Å². The summed E-state index contributed by atoms with van der Waals surface area (Å²) in [5, 5.41) is 9.90. The van der Waals surface area contributed by atoms with Gasteiger partial charge in [-0.05, 0) is 19.1 Å². The first-order chi connectivity index (χ1) is 10.2. The van der Waals surface area contributed by atoms with Crippen molar-refractivity contribution in [3.05, 3.63) is 30.6 Å². The van der Waals surface area contributed by atoms with Gasteiger partial charge in [0, 0.05) is 19.7 Å². The molecule has 0 aliphatic carbocycles. The number of β-amino-alcohol motifs (C(OH)–C–C–N with tert-alkyl or cyclic N) is 1. The van der Waals surface area contributed by atoms with Crippen LogP contribution in [0.3, 0.4) is 0 Å². The molecule has 2 heterocycles. The number of ether oxygens (including phenoxy) is 1. The Labute approximate surface area is 122 Å². The number of carbonyl (C=O) groups is 1. The van der Waals surface area contributed by atoms with Gasteiger partial charge >= 0.3 is 0 Å². The first-order valence-corrected chi connectivity index (χ1v) is 7.16. The Balaban J connectivity index is 1.69. The number of nitrogens with zero attached hydrogens (tertiary/aromatic N) is 3. The summed E-state index contributed by atoms with van der Waals surface area (Å²) in [4.78, 5) is 18.3. The number of rotatable bonds is 4. The highest BCUT2D eigenvalue weighted by Gasteiger charge is 2.34. The normalized spacial score (nSPS) is 22.1. The van der Waals surface area contributed by atoms with Gasteiger partial charge in [0.1, 0.15) is 12.6 Å². The van der Waals surface area contributed by atoms with Crippen LogP contribution in [0.4, 0.5) is 0 Å². The zero-order valence-electron chi connectivity index (χ0n) is 12.0. The summed E-state index contributed by atoms with van der Waals surface area (Å²) >= 11 is 0. The summed E-state index contributed by atoms with van der Waals surface area (Å²) in [6.45, 7) is 3.42. The third-order valence-electron chi connectivity index (χ3n) is 3.80. The summed E-state index contributed by atoms with van der Waals surface area (Å²) in [7, 11) is 0. The molecule has 21 heavy (non-hydrogen) atoms. The molecule has 0 bridgehead atoms. The summed E-state index contributed by atoms with van der Waals surface area (Å²) in [6.07, 6.45) is 0.793. The van der Waals surface area contributed by atoms with Crippen LogP contribution in [0.5, 0.6) is 0 Å². The highest BCUT2D eigenvalue weighted by Crippen LogP contribution is 2.16. The Morgan fingerprint density at radius 3 is 3.05 bits per heavy atom. The number of imidazole rings is 1. The van der Waals surface area contributed by atoms with Crippen LogP contribution in [0.1, 0.15) is 6.92 Å². The first kappa shape index (κ1) is 14.0. The van der Waals surface area contributed by atoms with Crippen molar-refractivity contribution in [3.63, 3.8) is 0 Å². The van der Waals surface area contributed by atoms with E-state index < -0.39 is 6.10 Å². The van der Waals surface area contributed by atoms with Gasteiger partial charge in [-0.3, -0.25) is 4.79 Å². The zero-order valence-corrected chi connectivity index (χ0v) is 12.0. The first-order valence-electron chi connectivity index (χ1n) is 7.16. The van der Waals surface area contributed by atoms with E-state index in [9.17, 15) is 9.90 Å². The molecule has 1 N–H and O–H groups in total. The maximum absolute atomic E-state index is 12.4. The van der Waals surface area contributed by atoms with Crippen molar-refractivity contribution in [1.82, 2.24) is 14.5 Å². The molecule has 1 aliphatic rings. The van der Waals surface area contributed by atoms with Crippen LogP contribution in [0.15, 0.2) is 30.6 Å². The van der Waals surface area contributed by atoms with Gasteiger partial charge in [-0.25, -0.2) is 4.98 Å². The van der Waals surface area contributed by atoms with Crippen LogP contribution in [-0.4, -0.2) is 57.4 Å². The Morgan fingerprint density at radius 1 is 1.43 bits per heavy atom. The fourth-order valence-electron chi connectivity index (χ4n) is 2.72. The second-order valence-corrected chi connectivity index (χ2v) is 5.22. The van der Waals surface area contributed by atoms with Crippen molar-refractivity contribution in [2.45, 2.75) is 25.7 Å². The van der Waals surface area contributed by atoms with Gasteiger partial charge in [0.2, 0.25) is 5.91 Å². The van der Waals surface area contributed by atoms with Gasteiger partial charge in [0.15, 0.2) is 0 Å². The molecular weight excluding hydrogens is 270 g/mol. The van der Waals surface area contributed by atoms with Gasteiger partial charge in [0.05, 0.1) is 23.5 Å². The Kier molecular flexibility index (Phi) is 3.90. The lowest BCUT2D eigenvalue weighted by Gasteiger charge is -2.16. The second-order valence-electron chi connectivity index (χ2n) is 5.22. The number of amides is 1. The molecule has 1 aliphatic heterocycles. The fraction of sp³-hybridized carbons (Fsp3) is 0.467. The second kappa shape index (κ2) is 5.83. The molecule has 2 aromatic rings. The summed E-state index contributed by atoms with van der Waals surface area (Å²) in [5.41, 5.74) is 1.81. The Bertz CT molecular complexity index is 640. The average Bonchev–Trinajstić information content (AvgIpc) is 3.05. The number of aromatic nitrogens is 2. The summed E-state index contributed by atoms with van der Waals surface area (Å²) in [6, 6.07) is 7.71. The van der Waals surface area contributed by atoms with Crippen LogP contribution >= 0.6 is 0 Å². The number of fused-ring (bicyclic) bond motifs is 1. The number of para-hydroxylation sites is 2. The van der Waals surface area contributed by atoms with E-state index >= 15 is 0 Å². The molecule has 1 fully saturated rings. The van der Waals surface area contributed by atoms with Gasteiger partial charge in [-0.2, -0.15) is 0 Å². The van der Waals surface area contributed by atoms with E-state index in [4.69, 9.17) is 4.74 Å². The van der Waals surface area contributed by atoms with Crippen molar-refractivity contribution < 1.29 is 14.6 Å². The fourth-order valence-corrected chi connectivity index (χ4v) is 2.72. The molecule has 112 valence electrons. The van der Waals surface area contributed by atoms with Crippen molar-refractivity contribution in [1.29, 1.82) is 0 Å². The molecule has 1 aromatic carbocycles. The highest BCUT2D eigenvalue weighted by atomic mass is 16.5. The summed E-state index contributed by atoms with van der Waals surface area (Å²) < 4.78 is 7.27. The molecule has 1 amide bonds. The summed E-state index contributed by atoms with van der Waals surface area (Å²) in [5.74, 6) is -0.0283. The SMILES string of the molecule is CCO[C@H]1CN(C(=O)Cn2cnc3ccccc32)C[C@@H]1O. The number of hydrogen-bond acceptors (Lipinski definition) is 4. The van der Waals surface area contributed by atoms with Crippen LogP contribution in [0.25, 0.3) is 11.0 Å². The molecule has 0 spiro atoms. The van der Waals surface area contributed by atoms with E-state index in [-0.39, 0.29) is 18.6 Å². The van der Waals surface area contributed by atoms with Crippen LogP contribution < -0.4 is 0 Å². The lowest BCUT2D eigenvalue weighted by molar-refractivity contribution is -0.131. The van der Waals surface area contributed by atoms with Crippen molar-refractivity contribution in [2.75, 3.05) is 19.7 Å². The van der Waals surface area contributed by atoms with Crippen LogP contribution in [0, 0.1) is 0 Å². The van der Waals surface area contributed by atoms with E-state index in [1.807, 2.05) is 35.8 Å². The predicted molar refractivity (Wildman–Crippen MR) is 77.7 cm³/mol. The van der Waals surface area contributed by atoms with E-state index in [0.717, 1.165) is 11.0 Å². The minimum atomic E-state index is -0.603. The minimum Gasteiger partial charge on any atom is -0.388 e. The average molecular weight is 289 g/mol. The predicted octanol–water partition coefficient (Wildman–Crippen LogP) is 0.644. The standard InChI is InChI=1S/C15H19N3O3/c1-2-21-14-8-17(7-13(14)19)15(20)9-18-10-16-11-5-3-4-6-12(11)18/h3-6,10,13-14,19H,2,7-9H2,1H3/t13-,14-/m0/s1. The molecule has 0 saturated carbocycles. The van der Waals surface area contributed by atoms with Gasteiger partial charge in [-0.1, -0.05) is 12.1 Å². The zero-order chi connectivity index (χ0) is 14.8. The number of aliphatic hydroxyl groups excluding tert-OH is 1. The van der Waals surface area contributed by atoms with E-state index in [2.05, 4.69) is 4.98 Å². The molecule has 0 radical (unpaired) electrons. The monoisotopic (exact) mass is 289 g/mol. The van der Waals surface area contributed by atoms with Gasteiger partial charge < -0.3 is 19.3 Å². The minimum absolute atomic E-state index is 0.0283. The number of benzene rings is 1. The Morgan fingerprint density at radius 2 is 2.24 bits per heavy atom. The van der Waals surface area contributed by atoms with E-state index in [0.29, 0.717) is 19.7 Å². The van der Waals surface area contributed by atoms with E-state index in [1.165, 1.54) is 0 Å². The maximum atomic E-state index is 12.4. The molecule has 1 saturated heterocycles. The molecule has 1 aromatic heterocycles. The molecule has 0 unspecified atom stereocenters. The maximum Gasteiger partial charge on any atom is 0.242 e. The quantitative estimate of drug-likeness (QED) is 0.897. The smallest absolute Gasteiger partial charge is 0.242 e. The topological polar surface area (TPSA) is 67.6 Å². The largest absolute Gasteiger partial charge is 0.388 e. The number of likely N-dealkylation sites (tertiary alicyclic amines) is 1. The molecule has 6 nitrogen and oxygen atoms in total. The number of carbonyl (C=O) groups excluding carboxylic acids is 1. The van der Waals surface area contributed by atoms with Crippen molar-refractivity contribution in [2.24, 2.45) is 0 Å². The lowest BCUT2D eigenvalue weighted by Crippen LogP contribution is -2.32. The number of aliphatic hydroxyl groups is 1. The lowest BCUT2D eigenvalue weighted by atomic mass is 10.3. The molecule has 2 atom stereocenters. The van der Waals surface area contributed by atoms with Gasteiger partial charge in [-0.15, -0.1) is 0 Å². The Hall–Kier alpha value is -1.92. The van der Waals surface area contributed by atoms with E-state index in [1.54, 1.807) is 11.2 Å². The third kappa shape index (κ3) is 2.77. The number of hydrogen-bond donors (Lipinski definition) is 1. The van der Waals surface area contributed by atoms with Crippen LogP contribution in [-0.2, 0) is 16.1 Å². The molecular formula is C15H19N3O3. The van der Waals surface area contributed by atoms with Gasteiger partial charge in [0.25, 0.3) is 0 Å². The van der Waals surface area contributed by atoms with Crippen molar-refractivity contribution in [3.8, 4) is 0 Å². The van der Waals surface area contributed by atoms with Crippen molar-refractivity contribution >= 4 is 16.9 Å².